The van der Waals surface area contributed by atoms with E-state index in [0.717, 1.165) is 12.0 Å². The van der Waals surface area contributed by atoms with E-state index < -0.39 is 6.04 Å². The van der Waals surface area contributed by atoms with E-state index in [9.17, 15) is 9.59 Å². The lowest BCUT2D eigenvalue weighted by Gasteiger charge is -2.22. The van der Waals surface area contributed by atoms with Crippen molar-refractivity contribution in [3.05, 3.63) is 29.8 Å². The molecule has 0 aromatic heterocycles. The number of rotatable bonds is 9. The molecule has 1 aromatic rings. The number of benzene rings is 1. The lowest BCUT2D eigenvalue weighted by Crippen LogP contribution is -2.42. The van der Waals surface area contributed by atoms with Crippen LogP contribution in [0.4, 0.5) is 0 Å². The van der Waals surface area contributed by atoms with Gasteiger partial charge in [0, 0.05) is 19.7 Å². The molecule has 0 saturated heterocycles. The molecular weight excluding hydrogens is 342 g/mol. The van der Waals surface area contributed by atoms with Crippen molar-refractivity contribution >= 4 is 24.2 Å². The number of hydrogen-bond donors (Lipinski definition) is 2. The van der Waals surface area contributed by atoms with Crippen LogP contribution >= 0.6 is 12.4 Å². The Hall–Kier alpha value is -1.79. The summed E-state index contributed by atoms with van der Waals surface area (Å²) in [7, 11) is 3.36. The van der Waals surface area contributed by atoms with Gasteiger partial charge < -0.3 is 20.7 Å². The van der Waals surface area contributed by atoms with Crippen molar-refractivity contribution in [2.45, 2.75) is 45.2 Å². The average Bonchev–Trinajstić information content (AvgIpc) is 2.57. The first-order chi connectivity index (χ1) is 11.4. The minimum absolute atomic E-state index is 0. The Morgan fingerprint density at radius 1 is 1.24 bits per heavy atom. The fourth-order valence-electron chi connectivity index (χ4n) is 2.29. The monoisotopic (exact) mass is 371 g/mol. The number of carbonyl (C=O) groups excluding carboxylic acids is 2. The summed E-state index contributed by atoms with van der Waals surface area (Å²) in [5.41, 5.74) is 6.74. The van der Waals surface area contributed by atoms with E-state index in [2.05, 4.69) is 5.32 Å². The van der Waals surface area contributed by atoms with Crippen molar-refractivity contribution in [2.75, 3.05) is 20.7 Å². The van der Waals surface area contributed by atoms with Crippen LogP contribution in [0.1, 0.15) is 44.7 Å². The van der Waals surface area contributed by atoms with Gasteiger partial charge in [0.25, 0.3) is 5.91 Å². The summed E-state index contributed by atoms with van der Waals surface area (Å²) in [6.07, 6.45) is 2.21. The van der Waals surface area contributed by atoms with Crippen molar-refractivity contribution in [1.82, 2.24) is 10.2 Å². The molecule has 2 unspecified atom stereocenters. The van der Waals surface area contributed by atoms with E-state index in [-0.39, 0.29) is 36.9 Å². The molecule has 1 aromatic carbocycles. The van der Waals surface area contributed by atoms with Gasteiger partial charge in [-0.3, -0.25) is 9.59 Å². The molecule has 2 amide bonds. The molecule has 0 spiro atoms. The van der Waals surface area contributed by atoms with Crippen LogP contribution in [0.15, 0.2) is 24.3 Å². The molecule has 0 saturated carbocycles. The molecule has 0 bridgehead atoms. The predicted octanol–water partition coefficient (Wildman–Crippen LogP) is 2.27. The zero-order chi connectivity index (χ0) is 18.1. The second kappa shape index (κ2) is 11.7. The molecule has 0 heterocycles. The first kappa shape index (κ1) is 23.2. The Kier molecular flexibility index (Phi) is 10.9. The summed E-state index contributed by atoms with van der Waals surface area (Å²) in [6, 6.07) is 6.72. The van der Waals surface area contributed by atoms with Gasteiger partial charge in [0.1, 0.15) is 5.75 Å². The molecule has 2 atom stereocenters. The average molecular weight is 372 g/mol. The molecule has 3 N–H and O–H groups in total. The number of ether oxygens (including phenoxy) is 1. The van der Waals surface area contributed by atoms with Gasteiger partial charge in [-0.15, -0.1) is 12.4 Å². The van der Waals surface area contributed by atoms with Crippen LogP contribution in [-0.2, 0) is 9.59 Å². The summed E-state index contributed by atoms with van der Waals surface area (Å²) < 4.78 is 5.66. The SMILES string of the molecule is CCCC(N)C(=O)NC(CC)c1ccccc1OCC(=O)N(C)C.Cl. The molecule has 0 aliphatic carbocycles. The van der Waals surface area contributed by atoms with Crippen LogP contribution in [0.2, 0.25) is 0 Å². The smallest absolute Gasteiger partial charge is 0.259 e. The van der Waals surface area contributed by atoms with Gasteiger partial charge in [0.2, 0.25) is 5.91 Å². The molecular formula is C18H30ClN3O3. The highest BCUT2D eigenvalue weighted by atomic mass is 35.5. The first-order valence-electron chi connectivity index (χ1n) is 8.38. The fraction of sp³-hybridized carbons (Fsp3) is 0.556. The quantitative estimate of drug-likeness (QED) is 0.697. The van der Waals surface area contributed by atoms with Gasteiger partial charge >= 0.3 is 0 Å². The molecule has 1 rings (SSSR count). The minimum atomic E-state index is -0.507. The molecule has 25 heavy (non-hydrogen) atoms. The van der Waals surface area contributed by atoms with E-state index in [1.165, 1.54) is 4.90 Å². The van der Waals surface area contributed by atoms with Gasteiger partial charge in [-0.1, -0.05) is 38.5 Å². The number of amides is 2. The zero-order valence-corrected chi connectivity index (χ0v) is 16.3. The molecule has 6 nitrogen and oxygen atoms in total. The number of likely N-dealkylation sites (N-methyl/N-ethyl adjacent to an activating group) is 1. The normalized spacial score (nSPS) is 12.5. The highest BCUT2D eigenvalue weighted by molar-refractivity contribution is 5.85. The summed E-state index contributed by atoms with van der Waals surface area (Å²) in [5.74, 6) is 0.318. The predicted molar refractivity (Wildman–Crippen MR) is 102 cm³/mol. The van der Waals surface area contributed by atoms with Crippen LogP contribution in [-0.4, -0.2) is 43.5 Å². The van der Waals surface area contributed by atoms with E-state index in [4.69, 9.17) is 10.5 Å². The van der Waals surface area contributed by atoms with Gasteiger partial charge in [-0.2, -0.15) is 0 Å². The third kappa shape index (κ3) is 7.32. The van der Waals surface area contributed by atoms with Crippen molar-refractivity contribution in [1.29, 1.82) is 0 Å². The first-order valence-corrected chi connectivity index (χ1v) is 8.38. The number of nitrogens with zero attached hydrogens (tertiary/aromatic N) is 1. The van der Waals surface area contributed by atoms with E-state index in [1.54, 1.807) is 20.2 Å². The maximum absolute atomic E-state index is 12.2. The highest BCUT2D eigenvalue weighted by Crippen LogP contribution is 2.27. The van der Waals surface area contributed by atoms with E-state index in [0.29, 0.717) is 18.6 Å². The molecule has 0 aliphatic heterocycles. The van der Waals surface area contributed by atoms with Crippen molar-refractivity contribution in [2.24, 2.45) is 5.73 Å². The van der Waals surface area contributed by atoms with Crippen LogP contribution in [0.3, 0.4) is 0 Å². The third-order valence-corrected chi connectivity index (χ3v) is 3.81. The topological polar surface area (TPSA) is 84.7 Å². The van der Waals surface area contributed by atoms with Crippen molar-refractivity contribution < 1.29 is 14.3 Å². The largest absolute Gasteiger partial charge is 0.483 e. The fourth-order valence-corrected chi connectivity index (χ4v) is 2.29. The Morgan fingerprint density at radius 2 is 1.88 bits per heavy atom. The third-order valence-electron chi connectivity index (χ3n) is 3.81. The summed E-state index contributed by atoms with van der Waals surface area (Å²) in [4.78, 5) is 25.4. The van der Waals surface area contributed by atoms with Crippen LogP contribution < -0.4 is 15.8 Å². The maximum Gasteiger partial charge on any atom is 0.259 e. The molecule has 7 heteroatoms. The number of nitrogens with one attached hydrogen (secondary N) is 1. The Bertz CT molecular complexity index is 552. The Balaban J connectivity index is 0.00000576. The zero-order valence-electron chi connectivity index (χ0n) is 15.5. The lowest BCUT2D eigenvalue weighted by molar-refractivity contribution is -0.130. The molecule has 0 aliphatic rings. The Morgan fingerprint density at radius 3 is 2.44 bits per heavy atom. The van der Waals surface area contributed by atoms with E-state index in [1.807, 2.05) is 32.0 Å². The number of hydrogen-bond acceptors (Lipinski definition) is 4. The number of carbonyl (C=O) groups is 2. The number of para-hydroxylation sites is 1. The van der Waals surface area contributed by atoms with Gasteiger partial charge in [0.05, 0.1) is 12.1 Å². The highest BCUT2D eigenvalue weighted by Gasteiger charge is 2.20. The van der Waals surface area contributed by atoms with Crippen LogP contribution in [0, 0.1) is 0 Å². The second-order valence-corrected chi connectivity index (χ2v) is 5.98. The maximum atomic E-state index is 12.2. The van der Waals surface area contributed by atoms with E-state index >= 15 is 0 Å². The lowest BCUT2D eigenvalue weighted by atomic mass is 10.0. The second-order valence-electron chi connectivity index (χ2n) is 5.98. The van der Waals surface area contributed by atoms with Crippen molar-refractivity contribution in [3.63, 3.8) is 0 Å². The summed E-state index contributed by atoms with van der Waals surface area (Å²) in [5, 5.41) is 2.98. The standard InChI is InChI=1S/C18H29N3O3.ClH/c1-5-9-14(19)18(23)20-15(6-2)13-10-7-8-11-16(13)24-12-17(22)21(3)4;/h7-8,10-11,14-15H,5-6,9,12,19H2,1-4H3,(H,20,23);1H. The number of nitrogens with two attached hydrogens (primary N) is 1. The van der Waals surface area contributed by atoms with Gasteiger partial charge in [-0.05, 0) is 18.9 Å². The van der Waals surface area contributed by atoms with Gasteiger partial charge in [0.15, 0.2) is 6.61 Å². The molecule has 142 valence electrons. The summed E-state index contributed by atoms with van der Waals surface area (Å²) in [6.45, 7) is 3.94. The summed E-state index contributed by atoms with van der Waals surface area (Å²) >= 11 is 0. The van der Waals surface area contributed by atoms with Crippen LogP contribution in [0.5, 0.6) is 5.75 Å². The van der Waals surface area contributed by atoms with Crippen molar-refractivity contribution in [3.8, 4) is 5.75 Å². The Labute approximate surface area is 156 Å². The minimum Gasteiger partial charge on any atom is -0.483 e. The molecule has 0 fully saturated rings. The number of halogens is 1. The van der Waals surface area contributed by atoms with Gasteiger partial charge in [-0.25, -0.2) is 0 Å². The van der Waals surface area contributed by atoms with Crippen LogP contribution in [0.25, 0.3) is 0 Å². The molecule has 0 radical (unpaired) electrons.